The Kier molecular flexibility index (Phi) is 4.46. The number of benzene rings is 2. The van der Waals surface area contributed by atoms with E-state index in [-0.39, 0.29) is 30.2 Å². The smallest absolute Gasteiger partial charge is 0.314 e. The molecule has 2 aliphatic heterocycles. The van der Waals surface area contributed by atoms with Crippen molar-refractivity contribution in [1.29, 1.82) is 0 Å². The average molecular weight is 392 g/mol. The zero-order valence-electron chi connectivity index (χ0n) is 15.8. The molecule has 0 spiro atoms. The van der Waals surface area contributed by atoms with Gasteiger partial charge in [-0.2, -0.15) is 0 Å². The summed E-state index contributed by atoms with van der Waals surface area (Å²) in [6.45, 7) is 0.193. The number of esters is 1. The van der Waals surface area contributed by atoms with Crippen LogP contribution in [0.5, 0.6) is 23.0 Å². The molecular formula is C23H20O6. The number of ether oxygens (including phenoxy) is 4. The average Bonchev–Trinajstić information content (AvgIpc) is 3.33. The predicted molar refractivity (Wildman–Crippen MR) is 104 cm³/mol. The SMILES string of the molecule is O=C1C(=Cc2ccc3c(c2)OCO3)Oc2cc(OC(=O)C3CCCCC3)ccc21. The monoisotopic (exact) mass is 392 g/mol. The topological polar surface area (TPSA) is 71.1 Å². The number of carbonyl (C=O) groups excluding carboxylic acids is 2. The van der Waals surface area contributed by atoms with Gasteiger partial charge in [-0.1, -0.05) is 25.3 Å². The fraction of sp³-hybridized carbons (Fsp3) is 0.304. The van der Waals surface area contributed by atoms with E-state index in [4.69, 9.17) is 18.9 Å². The quantitative estimate of drug-likeness (QED) is 0.435. The molecule has 0 radical (unpaired) electrons. The molecule has 29 heavy (non-hydrogen) atoms. The van der Waals surface area contributed by atoms with Crippen LogP contribution in [0.25, 0.3) is 6.08 Å². The molecule has 0 unspecified atom stereocenters. The summed E-state index contributed by atoms with van der Waals surface area (Å²) in [7, 11) is 0. The molecule has 0 aromatic heterocycles. The highest BCUT2D eigenvalue weighted by Gasteiger charge is 2.29. The second-order valence-electron chi connectivity index (χ2n) is 7.47. The van der Waals surface area contributed by atoms with Gasteiger partial charge in [-0.15, -0.1) is 0 Å². The minimum absolute atomic E-state index is 0.0407. The lowest BCUT2D eigenvalue weighted by Gasteiger charge is -2.19. The van der Waals surface area contributed by atoms with Crippen LogP contribution in [0.15, 0.2) is 42.2 Å². The molecule has 1 fully saturated rings. The number of Topliss-reactive ketones (excluding diaryl/α,β-unsaturated/α-hetero) is 1. The van der Waals surface area contributed by atoms with E-state index in [9.17, 15) is 9.59 Å². The van der Waals surface area contributed by atoms with Crippen molar-refractivity contribution in [2.75, 3.05) is 6.79 Å². The van der Waals surface area contributed by atoms with Crippen LogP contribution in [-0.2, 0) is 4.79 Å². The van der Waals surface area contributed by atoms with Crippen LogP contribution in [0.3, 0.4) is 0 Å². The molecule has 0 bridgehead atoms. The van der Waals surface area contributed by atoms with Gasteiger partial charge >= 0.3 is 5.97 Å². The first-order chi connectivity index (χ1) is 14.2. The van der Waals surface area contributed by atoms with E-state index in [0.717, 1.165) is 31.2 Å². The molecule has 1 aliphatic carbocycles. The maximum atomic E-state index is 12.7. The summed E-state index contributed by atoms with van der Waals surface area (Å²) in [5.41, 5.74) is 1.23. The highest BCUT2D eigenvalue weighted by atomic mass is 16.7. The Bertz CT molecular complexity index is 1020. The summed E-state index contributed by atoms with van der Waals surface area (Å²) in [6, 6.07) is 10.3. The molecule has 148 valence electrons. The van der Waals surface area contributed by atoms with E-state index in [2.05, 4.69) is 0 Å². The summed E-state index contributed by atoms with van der Waals surface area (Å²) < 4.78 is 22.0. The van der Waals surface area contributed by atoms with Crippen LogP contribution >= 0.6 is 0 Å². The summed E-state index contributed by atoms with van der Waals surface area (Å²) in [5.74, 6) is 1.88. The molecule has 0 atom stereocenters. The number of ketones is 1. The van der Waals surface area contributed by atoms with Gasteiger partial charge in [0.25, 0.3) is 0 Å². The lowest BCUT2D eigenvalue weighted by atomic mass is 9.89. The number of fused-ring (bicyclic) bond motifs is 2. The van der Waals surface area contributed by atoms with Crippen molar-refractivity contribution in [2.24, 2.45) is 5.92 Å². The first-order valence-electron chi connectivity index (χ1n) is 9.87. The molecule has 6 nitrogen and oxygen atoms in total. The van der Waals surface area contributed by atoms with Crippen molar-refractivity contribution in [1.82, 2.24) is 0 Å². The zero-order valence-corrected chi connectivity index (χ0v) is 15.8. The molecule has 6 heteroatoms. The Morgan fingerprint density at radius 2 is 1.79 bits per heavy atom. The zero-order chi connectivity index (χ0) is 19.8. The first kappa shape index (κ1) is 17.8. The van der Waals surface area contributed by atoms with Gasteiger partial charge in [-0.3, -0.25) is 9.59 Å². The Morgan fingerprint density at radius 3 is 2.66 bits per heavy atom. The molecule has 3 aliphatic rings. The highest BCUT2D eigenvalue weighted by Crippen LogP contribution is 2.37. The Morgan fingerprint density at radius 1 is 0.966 bits per heavy atom. The van der Waals surface area contributed by atoms with Gasteiger partial charge < -0.3 is 18.9 Å². The normalized spacial score (nSPS) is 19.2. The Balaban J connectivity index is 1.33. The van der Waals surface area contributed by atoms with Crippen molar-refractivity contribution in [3.63, 3.8) is 0 Å². The van der Waals surface area contributed by atoms with Crippen molar-refractivity contribution in [3.05, 3.63) is 53.3 Å². The molecule has 5 rings (SSSR count). The van der Waals surface area contributed by atoms with Gasteiger partial charge in [0.05, 0.1) is 11.5 Å². The largest absolute Gasteiger partial charge is 0.454 e. The maximum absolute atomic E-state index is 12.7. The fourth-order valence-electron chi connectivity index (χ4n) is 3.92. The summed E-state index contributed by atoms with van der Waals surface area (Å²) >= 11 is 0. The van der Waals surface area contributed by atoms with Crippen LogP contribution < -0.4 is 18.9 Å². The molecule has 0 amide bonds. The predicted octanol–water partition coefficient (Wildman–Crippen LogP) is 4.52. The lowest BCUT2D eigenvalue weighted by molar-refractivity contribution is -0.139. The van der Waals surface area contributed by atoms with Crippen molar-refractivity contribution in [2.45, 2.75) is 32.1 Å². The van der Waals surface area contributed by atoms with E-state index < -0.39 is 0 Å². The summed E-state index contributed by atoms with van der Waals surface area (Å²) in [5, 5.41) is 0. The van der Waals surface area contributed by atoms with Crippen LogP contribution in [0.1, 0.15) is 48.0 Å². The van der Waals surface area contributed by atoms with Gasteiger partial charge in [-0.05, 0) is 48.7 Å². The summed E-state index contributed by atoms with van der Waals surface area (Å²) in [4.78, 5) is 25.0. The third-order valence-electron chi connectivity index (χ3n) is 5.49. The molecule has 0 N–H and O–H groups in total. The van der Waals surface area contributed by atoms with Gasteiger partial charge in [0.15, 0.2) is 17.3 Å². The van der Waals surface area contributed by atoms with Crippen LogP contribution in [0.4, 0.5) is 0 Å². The molecule has 0 saturated heterocycles. The van der Waals surface area contributed by atoms with Gasteiger partial charge in [0.2, 0.25) is 12.6 Å². The van der Waals surface area contributed by atoms with Gasteiger partial charge in [0.1, 0.15) is 11.5 Å². The van der Waals surface area contributed by atoms with Gasteiger partial charge in [0, 0.05) is 6.07 Å². The highest BCUT2D eigenvalue weighted by molar-refractivity contribution is 6.14. The summed E-state index contributed by atoms with van der Waals surface area (Å²) in [6.07, 6.45) is 6.72. The molecular weight excluding hydrogens is 372 g/mol. The molecule has 1 saturated carbocycles. The fourth-order valence-corrected chi connectivity index (χ4v) is 3.92. The minimum Gasteiger partial charge on any atom is -0.454 e. The molecule has 2 heterocycles. The Hall–Kier alpha value is -3.28. The standard InChI is InChI=1S/C23H20O6/c24-22-17-8-7-16(28-23(25)15-4-2-1-3-5-15)12-19(17)29-21(22)11-14-6-9-18-20(10-14)27-13-26-18/h6-12,15H,1-5,13H2. The molecule has 2 aromatic carbocycles. The first-order valence-corrected chi connectivity index (χ1v) is 9.87. The van der Waals surface area contributed by atoms with E-state index in [0.29, 0.717) is 28.6 Å². The van der Waals surface area contributed by atoms with E-state index >= 15 is 0 Å². The third kappa shape index (κ3) is 3.46. The van der Waals surface area contributed by atoms with E-state index in [1.165, 1.54) is 6.42 Å². The number of allylic oxidation sites excluding steroid dienone is 1. The third-order valence-corrected chi connectivity index (χ3v) is 5.49. The number of carbonyl (C=O) groups is 2. The van der Waals surface area contributed by atoms with Crippen LogP contribution in [0, 0.1) is 5.92 Å². The van der Waals surface area contributed by atoms with E-state index in [1.807, 2.05) is 6.07 Å². The number of hydrogen-bond donors (Lipinski definition) is 0. The van der Waals surface area contributed by atoms with E-state index in [1.54, 1.807) is 36.4 Å². The van der Waals surface area contributed by atoms with Crippen molar-refractivity contribution in [3.8, 4) is 23.0 Å². The second kappa shape index (κ2) is 7.28. The molecule has 2 aromatic rings. The number of hydrogen-bond acceptors (Lipinski definition) is 6. The van der Waals surface area contributed by atoms with Crippen molar-refractivity contribution < 1.29 is 28.5 Å². The lowest BCUT2D eigenvalue weighted by Crippen LogP contribution is -2.22. The number of rotatable bonds is 3. The second-order valence-corrected chi connectivity index (χ2v) is 7.47. The maximum Gasteiger partial charge on any atom is 0.314 e. The van der Waals surface area contributed by atoms with Crippen LogP contribution in [-0.4, -0.2) is 18.5 Å². The Labute approximate surface area is 168 Å². The minimum atomic E-state index is -0.206. The van der Waals surface area contributed by atoms with Gasteiger partial charge in [-0.25, -0.2) is 0 Å². The van der Waals surface area contributed by atoms with Crippen molar-refractivity contribution >= 4 is 17.8 Å². The van der Waals surface area contributed by atoms with Crippen LogP contribution in [0.2, 0.25) is 0 Å².